The average Bonchev–Trinajstić information content (AvgIpc) is 2.36. The van der Waals surface area contributed by atoms with E-state index in [1.54, 1.807) is 6.07 Å². The SMILES string of the molecule is CCNC(CCOCC(F)(F)F)Cc1ccc(F)cc1Br. The fourth-order valence-corrected chi connectivity index (χ4v) is 2.44. The van der Waals surface area contributed by atoms with Crippen LogP contribution in [-0.2, 0) is 11.2 Å². The number of ether oxygens (including phenoxy) is 1. The van der Waals surface area contributed by atoms with Crippen LogP contribution in [0.15, 0.2) is 22.7 Å². The Hall–Kier alpha value is -0.660. The second-order valence-electron chi connectivity index (χ2n) is 4.65. The van der Waals surface area contributed by atoms with E-state index in [-0.39, 0.29) is 18.5 Å². The van der Waals surface area contributed by atoms with Crippen molar-refractivity contribution in [1.29, 1.82) is 0 Å². The maximum atomic E-state index is 13.0. The minimum absolute atomic E-state index is 0.0232. The van der Waals surface area contributed by atoms with E-state index in [0.29, 0.717) is 23.9 Å². The molecule has 0 bridgehead atoms. The molecule has 0 fully saturated rings. The van der Waals surface area contributed by atoms with Gasteiger partial charge in [-0.25, -0.2) is 4.39 Å². The summed E-state index contributed by atoms with van der Waals surface area (Å²) in [6.45, 7) is 1.41. The summed E-state index contributed by atoms with van der Waals surface area (Å²) in [7, 11) is 0. The van der Waals surface area contributed by atoms with Gasteiger partial charge >= 0.3 is 6.18 Å². The van der Waals surface area contributed by atoms with Crippen molar-refractivity contribution in [1.82, 2.24) is 5.32 Å². The fraction of sp³-hybridized carbons (Fsp3) is 0.571. The molecule has 7 heteroatoms. The zero-order valence-corrected chi connectivity index (χ0v) is 13.2. The van der Waals surface area contributed by atoms with Gasteiger partial charge in [-0.3, -0.25) is 0 Å². The average molecular weight is 372 g/mol. The van der Waals surface area contributed by atoms with Crippen molar-refractivity contribution in [2.45, 2.75) is 32.0 Å². The molecule has 2 nitrogen and oxygen atoms in total. The molecule has 1 aromatic rings. The third-order valence-corrected chi connectivity index (χ3v) is 3.59. The van der Waals surface area contributed by atoms with Crippen LogP contribution in [0.4, 0.5) is 17.6 Å². The van der Waals surface area contributed by atoms with Gasteiger partial charge < -0.3 is 10.1 Å². The standard InChI is InChI=1S/C14H18BrF4NO/c1-2-20-12(5-6-21-9-14(17,18)19)7-10-3-4-11(16)8-13(10)15/h3-4,8,12,20H,2,5-7,9H2,1H3. The maximum absolute atomic E-state index is 13.0. The molecule has 1 N–H and O–H groups in total. The van der Waals surface area contributed by atoms with Crippen LogP contribution in [0.1, 0.15) is 18.9 Å². The number of alkyl halides is 3. The van der Waals surface area contributed by atoms with Crippen molar-refractivity contribution in [2.24, 2.45) is 0 Å². The zero-order chi connectivity index (χ0) is 15.9. The summed E-state index contributed by atoms with van der Waals surface area (Å²) in [6, 6.07) is 4.38. The highest BCUT2D eigenvalue weighted by atomic mass is 79.9. The number of halogens is 5. The molecule has 0 aromatic heterocycles. The summed E-state index contributed by atoms with van der Waals surface area (Å²) in [5.41, 5.74) is 0.901. The molecule has 0 radical (unpaired) electrons. The lowest BCUT2D eigenvalue weighted by Gasteiger charge is -2.19. The Balaban J connectivity index is 2.49. The van der Waals surface area contributed by atoms with Crippen molar-refractivity contribution in [2.75, 3.05) is 19.8 Å². The lowest BCUT2D eigenvalue weighted by Crippen LogP contribution is -2.32. The molecule has 1 atom stereocenters. The number of nitrogens with one attached hydrogen (secondary N) is 1. The Morgan fingerprint density at radius 2 is 2.05 bits per heavy atom. The zero-order valence-electron chi connectivity index (χ0n) is 11.6. The molecule has 21 heavy (non-hydrogen) atoms. The van der Waals surface area contributed by atoms with Gasteiger partial charge in [-0.1, -0.05) is 28.9 Å². The van der Waals surface area contributed by atoms with Crippen LogP contribution < -0.4 is 5.32 Å². The normalized spacial score (nSPS) is 13.4. The van der Waals surface area contributed by atoms with Gasteiger partial charge in [0.1, 0.15) is 12.4 Å². The van der Waals surface area contributed by atoms with Gasteiger partial charge in [-0.15, -0.1) is 0 Å². The second-order valence-corrected chi connectivity index (χ2v) is 5.51. The number of likely N-dealkylation sites (N-methyl/N-ethyl adjacent to an activating group) is 1. The summed E-state index contributed by atoms with van der Waals surface area (Å²) < 4.78 is 54.3. The van der Waals surface area contributed by atoms with E-state index in [2.05, 4.69) is 26.0 Å². The highest BCUT2D eigenvalue weighted by Gasteiger charge is 2.27. The third kappa shape index (κ3) is 7.78. The first-order valence-electron chi connectivity index (χ1n) is 6.63. The lowest BCUT2D eigenvalue weighted by atomic mass is 10.0. The molecule has 0 saturated carbocycles. The Morgan fingerprint density at radius 1 is 1.33 bits per heavy atom. The van der Waals surface area contributed by atoms with E-state index >= 15 is 0 Å². The molecule has 1 unspecified atom stereocenters. The van der Waals surface area contributed by atoms with Gasteiger partial charge in [0.2, 0.25) is 0 Å². The van der Waals surface area contributed by atoms with Crippen LogP contribution in [0.25, 0.3) is 0 Å². The van der Waals surface area contributed by atoms with Crippen LogP contribution in [0.3, 0.4) is 0 Å². The first kappa shape index (κ1) is 18.4. The maximum Gasteiger partial charge on any atom is 0.411 e. The molecule has 0 amide bonds. The molecule has 0 spiro atoms. The van der Waals surface area contributed by atoms with E-state index in [1.165, 1.54) is 12.1 Å². The molecule has 0 saturated heterocycles. The van der Waals surface area contributed by atoms with Crippen molar-refractivity contribution < 1.29 is 22.3 Å². The second kappa shape index (κ2) is 8.70. The Morgan fingerprint density at radius 3 is 2.62 bits per heavy atom. The van der Waals surface area contributed by atoms with Gasteiger partial charge in [0.15, 0.2) is 0 Å². The fourth-order valence-electron chi connectivity index (χ4n) is 1.93. The predicted molar refractivity (Wildman–Crippen MR) is 76.8 cm³/mol. The summed E-state index contributed by atoms with van der Waals surface area (Å²) >= 11 is 3.29. The Kier molecular flexibility index (Phi) is 7.62. The molecule has 1 rings (SSSR count). The Bertz CT molecular complexity index is 439. The smallest absolute Gasteiger partial charge is 0.372 e. The van der Waals surface area contributed by atoms with E-state index in [9.17, 15) is 17.6 Å². The summed E-state index contributed by atoms with van der Waals surface area (Å²) in [6.07, 6.45) is -3.26. The lowest BCUT2D eigenvalue weighted by molar-refractivity contribution is -0.174. The third-order valence-electron chi connectivity index (χ3n) is 2.85. The van der Waals surface area contributed by atoms with Crippen LogP contribution in [-0.4, -0.2) is 32.0 Å². The minimum atomic E-state index is -4.30. The monoisotopic (exact) mass is 371 g/mol. The number of hydrogen-bond donors (Lipinski definition) is 1. The molecular weight excluding hydrogens is 354 g/mol. The molecule has 0 heterocycles. The predicted octanol–water partition coefficient (Wildman–Crippen LogP) is 4.08. The van der Waals surface area contributed by atoms with Crippen molar-refractivity contribution in [3.8, 4) is 0 Å². The first-order valence-corrected chi connectivity index (χ1v) is 7.43. The quantitative estimate of drug-likeness (QED) is 0.549. The molecule has 1 aromatic carbocycles. The van der Waals surface area contributed by atoms with Gasteiger partial charge in [-0.05, 0) is 37.1 Å². The molecule has 0 aliphatic heterocycles. The highest BCUT2D eigenvalue weighted by molar-refractivity contribution is 9.10. The van der Waals surface area contributed by atoms with Gasteiger partial charge in [0.05, 0.1) is 0 Å². The van der Waals surface area contributed by atoms with E-state index in [0.717, 1.165) is 5.56 Å². The molecular formula is C14H18BrF4NO. The summed E-state index contributed by atoms with van der Waals surface area (Å²) in [5, 5.41) is 3.19. The molecule has 0 aliphatic carbocycles. The largest absolute Gasteiger partial charge is 0.411 e. The van der Waals surface area contributed by atoms with Crippen molar-refractivity contribution >= 4 is 15.9 Å². The van der Waals surface area contributed by atoms with E-state index in [1.807, 2.05) is 6.92 Å². The van der Waals surface area contributed by atoms with E-state index in [4.69, 9.17) is 0 Å². The Labute approximate surface area is 130 Å². The first-order chi connectivity index (χ1) is 9.81. The van der Waals surface area contributed by atoms with Crippen molar-refractivity contribution in [3.63, 3.8) is 0 Å². The van der Waals surface area contributed by atoms with Gasteiger partial charge in [0, 0.05) is 17.1 Å². The minimum Gasteiger partial charge on any atom is -0.372 e. The number of hydrogen-bond acceptors (Lipinski definition) is 2. The summed E-state index contributed by atoms with van der Waals surface area (Å²) in [5.74, 6) is -0.334. The van der Waals surface area contributed by atoms with Crippen LogP contribution >= 0.6 is 15.9 Å². The van der Waals surface area contributed by atoms with E-state index < -0.39 is 12.8 Å². The van der Waals surface area contributed by atoms with Crippen LogP contribution in [0.2, 0.25) is 0 Å². The molecule has 0 aliphatic rings. The molecule has 120 valence electrons. The number of rotatable bonds is 8. The van der Waals surface area contributed by atoms with Crippen LogP contribution in [0, 0.1) is 5.82 Å². The summed E-state index contributed by atoms with van der Waals surface area (Å²) in [4.78, 5) is 0. The number of benzene rings is 1. The van der Waals surface area contributed by atoms with Crippen molar-refractivity contribution in [3.05, 3.63) is 34.1 Å². The van der Waals surface area contributed by atoms with Gasteiger partial charge in [-0.2, -0.15) is 13.2 Å². The topological polar surface area (TPSA) is 21.3 Å². The highest BCUT2D eigenvalue weighted by Crippen LogP contribution is 2.20. The van der Waals surface area contributed by atoms with Gasteiger partial charge in [0.25, 0.3) is 0 Å². The van der Waals surface area contributed by atoms with Crippen LogP contribution in [0.5, 0.6) is 0 Å².